The van der Waals surface area contributed by atoms with Crippen molar-refractivity contribution in [2.75, 3.05) is 13.7 Å². The van der Waals surface area contributed by atoms with Gasteiger partial charge in [-0.1, -0.05) is 42.5 Å². The average molecular weight is 395 g/mol. The van der Waals surface area contributed by atoms with E-state index in [1.807, 2.05) is 35.0 Å². The van der Waals surface area contributed by atoms with Crippen LogP contribution in [0.1, 0.15) is 31.4 Å². The van der Waals surface area contributed by atoms with Crippen LogP contribution < -0.4 is 4.74 Å². The maximum atomic E-state index is 5.75. The van der Waals surface area contributed by atoms with Crippen LogP contribution in [0.15, 0.2) is 54.6 Å². The number of methoxy groups -OCH3 is 1. The van der Waals surface area contributed by atoms with E-state index < -0.39 is 0 Å². The lowest BCUT2D eigenvalue weighted by Gasteiger charge is -2.24. The van der Waals surface area contributed by atoms with Crippen LogP contribution in [-0.2, 0) is 13.2 Å². The van der Waals surface area contributed by atoms with Crippen LogP contribution in [0, 0.1) is 4.77 Å². The third-order valence-corrected chi connectivity index (χ3v) is 5.88. The Morgan fingerprint density at radius 1 is 1.11 bits per heavy atom. The molecule has 5 nitrogen and oxygen atoms in total. The van der Waals surface area contributed by atoms with E-state index in [1.54, 1.807) is 7.11 Å². The van der Waals surface area contributed by atoms with Gasteiger partial charge in [0.05, 0.1) is 13.8 Å². The highest BCUT2D eigenvalue weighted by Gasteiger charge is 2.27. The van der Waals surface area contributed by atoms with Gasteiger partial charge < -0.3 is 9.30 Å². The van der Waals surface area contributed by atoms with E-state index in [4.69, 9.17) is 22.1 Å². The fourth-order valence-corrected chi connectivity index (χ4v) is 4.30. The summed E-state index contributed by atoms with van der Waals surface area (Å²) in [5, 5.41) is 4.88. The zero-order valence-corrected chi connectivity index (χ0v) is 17.2. The molecule has 1 aromatic heterocycles. The Balaban J connectivity index is 1.61. The molecule has 1 atom stereocenters. The van der Waals surface area contributed by atoms with Crippen molar-refractivity contribution in [3.63, 3.8) is 0 Å². The van der Waals surface area contributed by atoms with E-state index in [1.165, 1.54) is 12.0 Å². The Labute approximate surface area is 171 Å². The van der Waals surface area contributed by atoms with Gasteiger partial charge in [-0.25, -0.2) is 4.68 Å². The summed E-state index contributed by atoms with van der Waals surface area (Å²) >= 11 is 5.75. The summed E-state index contributed by atoms with van der Waals surface area (Å²) < 4.78 is 10.2. The molecule has 2 aromatic carbocycles. The summed E-state index contributed by atoms with van der Waals surface area (Å²) in [5.74, 6) is 1.83. The Morgan fingerprint density at radius 3 is 2.54 bits per heavy atom. The minimum Gasteiger partial charge on any atom is -0.497 e. The van der Waals surface area contributed by atoms with Crippen LogP contribution >= 0.6 is 12.2 Å². The van der Waals surface area contributed by atoms with Gasteiger partial charge in [-0.15, -0.1) is 0 Å². The molecular weight excluding hydrogens is 368 g/mol. The molecule has 0 spiro atoms. The predicted molar refractivity (Wildman–Crippen MR) is 114 cm³/mol. The largest absolute Gasteiger partial charge is 0.497 e. The van der Waals surface area contributed by atoms with Crippen LogP contribution in [-0.4, -0.2) is 32.9 Å². The van der Waals surface area contributed by atoms with Crippen LogP contribution in [0.3, 0.4) is 0 Å². The number of nitrogens with zero attached hydrogens (tertiary/aromatic N) is 4. The highest BCUT2D eigenvalue weighted by Crippen LogP contribution is 2.33. The molecule has 1 fully saturated rings. The molecule has 0 bridgehead atoms. The van der Waals surface area contributed by atoms with Gasteiger partial charge in [0.1, 0.15) is 5.75 Å². The molecular formula is C22H26N4OS. The molecule has 0 N–H and O–H groups in total. The molecule has 0 saturated carbocycles. The van der Waals surface area contributed by atoms with Crippen molar-refractivity contribution in [2.45, 2.75) is 39.0 Å². The van der Waals surface area contributed by atoms with Gasteiger partial charge >= 0.3 is 0 Å². The number of aromatic nitrogens is 3. The highest BCUT2D eigenvalue weighted by molar-refractivity contribution is 7.71. The van der Waals surface area contributed by atoms with Gasteiger partial charge in [0, 0.05) is 24.7 Å². The van der Waals surface area contributed by atoms with Crippen molar-refractivity contribution in [2.24, 2.45) is 0 Å². The topological polar surface area (TPSA) is 35.2 Å². The minimum atomic E-state index is 0.389. The Morgan fingerprint density at radius 2 is 1.86 bits per heavy atom. The molecule has 3 aromatic rings. The molecule has 0 amide bonds. The van der Waals surface area contributed by atoms with Crippen molar-refractivity contribution in [3.05, 3.63) is 64.9 Å². The van der Waals surface area contributed by atoms with Crippen molar-refractivity contribution < 1.29 is 4.74 Å². The third-order valence-electron chi connectivity index (χ3n) is 5.45. The molecule has 1 unspecified atom stereocenters. The van der Waals surface area contributed by atoms with E-state index in [0.717, 1.165) is 41.4 Å². The summed E-state index contributed by atoms with van der Waals surface area (Å²) in [7, 11) is 1.70. The molecule has 146 valence electrons. The molecule has 1 saturated heterocycles. The summed E-state index contributed by atoms with van der Waals surface area (Å²) in [5.41, 5.74) is 2.42. The minimum absolute atomic E-state index is 0.389. The third kappa shape index (κ3) is 3.62. The first-order valence-corrected chi connectivity index (χ1v) is 10.2. The Bertz CT molecular complexity index is 978. The smallest absolute Gasteiger partial charge is 0.199 e. The van der Waals surface area contributed by atoms with E-state index in [9.17, 15) is 0 Å². The molecule has 1 aliphatic heterocycles. The van der Waals surface area contributed by atoms with E-state index >= 15 is 0 Å². The molecule has 6 heteroatoms. The number of hydrogen-bond acceptors (Lipinski definition) is 4. The van der Waals surface area contributed by atoms with Crippen LogP contribution in [0.5, 0.6) is 5.75 Å². The number of likely N-dealkylation sites (tertiary alicyclic amines) is 1. The second kappa shape index (κ2) is 8.29. The molecule has 0 radical (unpaired) electrons. The number of rotatable bonds is 6. The first-order valence-electron chi connectivity index (χ1n) is 9.82. The van der Waals surface area contributed by atoms with Gasteiger partial charge in [-0.05, 0) is 49.7 Å². The van der Waals surface area contributed by atoms with Crippen molar-refractivity contribution in [1.82, 2.24) is 19.2 Å². The lowest BCUT2D eigenvalue weighted by molar-refractivity contribution is 0.189. The first-order chi connectivity index (χ1) is 13.7. The van der Waals surface area contributed by atoms with E-state index in [-0.39, 0.29) is 0 Å². The average Bonchev–Trinajstić information content (AvgIpc) is 3.33. The maximum absolute atomic E-state index is 5.75. The fourth-order valence-electron chi connectivity index (χ4n) is 3.99. The molecule has 0 aliphatic carbocycles. The van der Waals surface area contributed by atoms with Gasteiger partial charge in [-0.2, -0.15) is 5.10 Å². The molecule has 2 heterocycles. The first kappa shape index (κ1) is 18.9. The van der Waals surface area contributed by atoms with Crippen LogP contribution in [0.2, 0.25) is 0 Å². The molecule has 4 rings (SSSR count). The number of ether oxygens (including phenoxy) is 1. The second-order valence-electron chi connectivity index (χ2n) is 7.10. The van der Waals surface area contributed by atoms with Gasteiger partial charge in [0.25, 0.3) is 0 Å². The van der Waals surface area contributed by atoms with Gasteiger partial charge in [0.2, 0.25) is 0 Å². The monoisotopic (exact) mass is 394 g/mol. The standard InChI is InChI=1S/C22H26N4OS/c1-3-25-21(18-8-5-4-6-9-18)23-26(22(25)28)16-24-15-7-10-20(24)17-11-13-19(27-2)14-12-17/h4-6,8-9,11-14,20H,3,7,10,15-16H2,1-2H3. The summed E-state index contributed by atoms with van der Waals surface area (Å²) in [6.07, 6.45) is 2.34. The van der Waals surface area contributed by atoms with Gasteiger partial charge in [0.15, 0.2) is 10.6 Å². The van der Waals surface area contributed by atoms with E-state index in [2.05, 4.69) is 40.7 Å². The zero-order chi connectivity index (χ0) is 19.5. The maximum Gasteiger partial charge on any atom is 0.199 e. The van der Waals surface area contributed by atoms with Crippen molar-refractivity contribution in [1.29, 1.82) is 0 Å². The lowest BCUT2D eigenvalue weighted by atomic mass is 10.0. The fraction of sp³-hybridized carbons (Fsp3) is 0.364. The van der Waals surface area contributed by atoms with Crippen molar-refractivity contribution >= 4 is 12.2 Å². The summed E-state index contributed by atoms with van der Waals surface area (Å²) in [6, 6.07) is 19.1. The van der Waals surface area contributed by atoms with Gasteiger partial charge in [-0.3, -0.25) is 4.90 Å². The molecule has 1 aliphatic rings. The molecule has 28 heavy (non-hydrogen) atoms. The zero-order valence-electron chi connectivity index (χ0n) is 16.4. The Kier molecular flexibility index (Phi) is 5.59. The number of benzene rings is 2. The number of hydrogen-bond donors (Lipinski definition) is 0. The SMILES string of the molecule is CCn1c(-c2ccccc2)nn(CN2CCCC2c2ccc(OC)cc2)c1=S. The van der Waals surface area contributed by atoms with Crippen molar-refractivity contribution in [3.8, 4) is 17.1 Å². The predicted octanol–water partition coefficient (Wildman–Crippen LogP) is 4.90. The quantitative estimate of drug-likeness (QED) is 0.557. The second-order valence-corrected chi connectivity index (χ2v) is 7.47. The summed E-state index contributed by atoms with van der Waals surface area (Å²) in [4.78, 5) is 2.47. The normalized spacial score (nSPS) is 17.1. The summed E-state index contributed by atoms with van der Waals surface area (Å²) in [6.45, 7) is 4.69. The van der Waals surface area contributed by atoms with Crippen LogP contribution in [0.4, 0.5) is 0 Å². The Hall–Kier alpha value is -2.44. The lowest BCUT2D eigenvalue weighted by Crippen LogP contribution is -2.27. The highest BCUT2D eigenvalue weighted by atomic mass is 32.1. The van der Waals surface area contributed by atoms with E-state index in [0.29, 0.717) is 12.7 Å². The van der Waals surface area contributed by atoms with Crippen LogP contribution in [0.25, 0.3) is 11.4 Å².